The maximum absolute atomic E-state index is 10.5. The molecule has 0 bridgehead atoms. The van der Waals surface area contributed by atoms with Gasteiger partial charge in [0.05, 0.1) is 0 Å². The molecule has 0 unspecified atom stereocenters. The lowest BCUT2D eigenvalue weighted by Gasteiger charge is -2.23. The molecule has 4 N–H and O–H groups in total. The quantitative estimate of drug-likeness (QED) is 0.533. The predicted octanol–water partition coefficient (Wildman–Crippen LogP) is -0.717. The first-order chi connectivity index (χ1) is 8.79. The molecule has 0 saturated carbocycles. The number of nitrogens with one attached hydrogen (secondary N) is 3. The third-order valence-electron chi connectivity index (χ3n) is 3.03. The number of carboxylic acids is 1. The van der Waals surface area contributed by atoms with E-state index in [4.69, 9.17) is 5.11 Å². The highest BCUT2D eigenvalue weighted by Gasteiger charge is 2.06. The van der Waals surface area contributed by atoms with Crippen molar-refractivity contribution in [2.45, 2.75) is 19.3 Å². The Kier molecular flexibility index (Phi) is 8.75. The highest BCUT2D eigenvalue weighted by Crippen LogP contribution is 1.95. The second-order valence-electron chi connectivity index (χ2n) is 4.62. The predicted molar refractivity (Wildman–Crippen MR) is 71.7 cm³/mol. The molecule has 6 nitrogen and oxygen atoms in total. The van der Waals surface area contributed by atoms with Gasteiger partial charge < -0.3 is 26.0 Å². The number of hydrogen-bond acceptors (Lipinski definition) is 5. The van der Waals surface area contributed by atoms with Crippen LogP contribution in [-0.2, 0) is 4.79 Å². The van der Waals surface area contributed by atoms with Crippen LogP contribution in [0.2, 0.25) is 0 Å². The molecular weight excluding hydrogens is 232 g/mol. The molecule has 1 aliphatic rings. The lowest BCUT2D eigenvalue weighted by Crippen LogP contribution is -2.41. The molecule has 18 heavy (non-hydrogen) atoms. The molecule has 6 heteroatoms. The average molecular weight is 258 g/mol. The van der Waals surface area contributed by atoms with E-state index >= 15 is 0 Å². The van der Waals surface area contributed by atoms with E-state index in [2.05, 4.69) is 20.9 Å². The molecule has 0 aromatic carbocycles. The van der Waals surface area contributed by atoms with Crippen LogP contribution in [0.4, 0.5) is 0 Å². The summed E-state index contributed by atoms with van der Waals surface area (Å²) in [7, 11) is 0. The molecule has 0 aromatic heterocycles. The van der Waals surface area contributed by atoms with Gasteiger partial charge >= 0.3 is 5.97 Å². The first kappa shape index (κ1) is 15.4. The topological polar surface area (TPSA) is 76.6 Å². The van der Waals surface area contributed by atoms with Crippen LogP contribution in [0.15, 0.2) is 0 Å². The van der Waals surface area contributed by atoms with Gasteiger partial charge in [0, 0.05) is 39.3 Å². The van der Waals surface area contributed by atoms with Crippen LogP contribution in [-0.4, -0.2) is 68.5 Å². The van der Waals surface area contributed by atoms with Crippen LogP contribution >= 0.6 is 0 Å². The zero-order valence-electron chi connectivity index (χ0n) is 11.1. The number of carbonyl (C=O) groups is 1. The van der Waals surface area contributed by atoms with Crippen molar-refractivity contribution in [2.75, 3.05) is 52.5 Å². The van der Waals surface area contributed by atoms with Gasteiger partial charge in [0.2, 0.25) is 0 Å². The van der Waals surface area contributed by atoms with Gasteiger partial charge in [-0.05, 0) is 32.5 Å². The lowest BCUT2D eigenvalue weighted by atomic mass is 10.3. The second kappa shape index (κ2) is 10.3. The molecule has 1 saturated heterocycles. The van der Waals surface area contributed by atoms with Crippen molar-refractivity contribution < 1.29 is 9.90 Å². The van der Waals surface area contributed by atoms with E-state index in [1.165, 1.54) is 0 Å². The third kappa shape index (κ3) is 8.41. The molecule has 0 aliphatic carbocycles. The number of aliphatic carboxylic acids is 1. The summed E-state index contributed by atoms with van der Waals surface area (Å²) in [5, 5.41) is 18.7. The molecule has 1 heterocycles. The van der Waals surface area contributed by atoms with E-state index in [1.54, 1.807) is 0 Å². The van der Waals surface area contributed by atoms with Crippen LogP contribution in [0, 0.1) is 0 Å². The summed E-state index contributed by atoms with van der Waals surface area (Å²) in [6, 6.07) is 0. The van der Waals surface area contributed by atoms with Gasteiger partial charge in [-0.2, -0.15) is 0 Å². The summed E-state index contributed by atoms with van der Waals surface area (Å²) in [5.74, 6) is -0.704. The molecule has 1 aliphatic heterocycles. The van der Waals surface area contributed by atoms with E-state index in [0.29, 0.717) is 0 Å². The van der Waals surface area contributed by atoms with Crippen LogP contribution in [0.3, 0.4) is 0 Å². The Morgan fingerprint density at radius 3 is 2.50 bits per heavy atom. The zero-order chi connectivity index (χ0) is 13.1. The number of carboxylic acid groups (broad SMARTS) is 1. The van der Waals surface area contributed by atoms with Crippen molar-refractivity contribution in [1.29, 1.82) is 0 Å². The van der Waals surface area contributed by atoms with E-state index in [9.17, 15) is 4.79 Å². The second-order valence-corrected chi connectivity index (χ2v) is 4.62. The van der Waals surface area contributed by atoms with Crippen molar-refractivity contribution in [2.24, 2.45) is 0 Å². The van der Waals surface area contributed by atoms with Gasteiger partial charge in [-0.15, -0.1) is 0 Å². The van der Waals surface area contributed by atoms with Crippen LogP contribution in [0.1, 0.15) is 19.3 Å². The van der Waals surface area contributed by atoms with Gasteiger partial charge in [0.1, 0.15) is 0 Å². The Hall–Kier alpha value is -0.690. The molecular formula is C12H26N4O2. The Labute approximate surface area is 109 Å². The Morgan fingerprint density at radius 2 is 1.72 bits per heavy atom. The fraction of sp³-hybridized carbons (Fsp3) is 0.917. The summed E-state index contributed by atoms with van der Waals surface area (Å²) >= 11 is 0. The minimum absolute atomic E-state index is 0.263. The van der Waals surface area contributed by atoms with Crippen molar-refractivity contribution in [3.63, 3.8) is 0 Å². The van der Waals surface area contributed by atoms with Crippen molar-refractivity contribution in [3.05, 3.63) is 0 Å². The SMILES string of the molecule is O=C(O)CCCN1CCNCCCNCNCC1. The lowest BCUT2D eigenvalue weighted by molar-refractivity contribution is -0.137. The number of nitrogens with zero attached hydrogens (tertiary/aromatic N) is 1. The van der Waals surface area contributed by atoms with E-state index in [-0.39, 0.29) is 6.42 Å². The van der Waals surface area contributed by atoms with Crippen LogP contribution in [0.25, 0.3) is 0 Å². The first-order valence-electron chi connectivity index (χ1n) is 6.85. The molecule has 1 rings (SSSR count). The van der Waals surface area contributed by atoms with Crippen molar-refractivity contribution in [3.8, 4) is 0 Å². The Morgan fingerprint density at radius 1 is 1.06 bits per heavy atom. The average Bonchev–Trinajstić information content (AvgIpc) is 2.31. The Balaban J connectivity index is 2.20. The molecule has 0 atom stereocenters. The maximum Gasteiger partial charge on any atom is 0.303 e. The fourth-order valence-electron chi connectivity index (χ4n) is 1.99. The summed E-state index contributed by atoms with van der Waals surface area (Å²) in [5.41, 5.74) is 0. The largest absolute Gasteiger partial charge is 0.481 e. The fourth-order valence-corrected chi connectivity index (χ4v) is 1.99. The molecule has 0 aromatic rings. The standard InChI is InChI=1S/C12H26N4O2/c17-12(18)3-1-8-16-9-6-13-4-2-5-14-11-15-7-10-16/h13-15H,1-11H2,(H,17,18). The van der Waals surface area contributed by atoms with E-state index < -0.39 is 5.97 Å². The summed E-state index contributed by atoms with van der Waals surface area (Å²) in [4.78, 5) is 12.8. The summed E-state index contributed by atoms with van der Waals surface area (Å²) in [6.45, 7) is 7.69. The van der Waals surface area contributed by atoms with Crippen LogP contribution in [0.5, 0.6) is 0 Å². The van der Waals surface area contributed by atoms with Gasteiger partial charge in [0.15, 0.2) is 0 Å². The number of rotatable bonds is 4. The highest BCUT2D eigenvalue weighted by atomic mass is 16.4. The molecule has 0 spiro atoms. The summed E-state index contributed by atoms with van der Waals surface area (Å²) < 4.78 is 0. The van der Waals surface area contributed by atoms with Gasteiger partial charge in [-0.25, -0.2) is 0 Å². The smallest absolute Gasteiger partial charge is 0.303 e. The summed E-state index contributed by atoms with van der Waals surface area (Å²) in [6.07, 6.45) is 2.13. The molecule has 1 fully saturated rings. The molecule has 106 valence electrons. The van der Waals surface area contributed by atoms with E-state index in [1.807, 2.05) is 0 Å². The molecule has 0 radical (unpaired) electrons. The van der Waals surface area contributed by atoms with Gasteiger partial charge in [-0.1, -0.05) is 0 Å². The minimum Gasteiger partial charge on any atom is -0.481 e. The van der Waals surface area contributed by atoms with Gasteiger partial charge in [-0.3, -0.25) is 4.79 Å². The molecule has 0 amide bonds. The first-order valence-corrected chi connectivity index (χ1v) is 6.85. The van der Waals surface area contributed by atoms with E-state index in [0.717, 1.165) is 65.3 Å². The zero-order valence-corrected chi connectivity index (χ0v) is 11.1. The van der Waals surface area contributed by atoms with Crippen LogP contribution < -0.4 is 16.0 Å². The monoisotopic (exact) mass is 258 g/mol. The Bertz CT molecular complexity index is 214. The van der Waals surface area contributed by atoms with Crippen molar-refractivity contribution >= 4 is 5.97 Å². The number of hydrogen-bond donors (Lipinski definition) is 4. The highest BCUT2D eigenvalue weighted by molar-refractivity contribution is 5.66. The van der Waals surface area contributed by atoms with Crippen molar-refractivity contribution in [1.82, 2.24) is 20.9 Å². The third-order valence-corrected chi connectivity index (χ3v) is 3.03. The minimum atomic E-state index is -0.704. The van der Waals surface area contributed by atoms with Gasteiger partial charge in [0.25, 0.3) is 0 Å². The maximum atomic E-state index is 10.5. The normalized spacial score (nSPS) is 20.9.